The summed E-state index contributed by atoms with van der Waals surface area (Å²) in [7, 11) is 0. The Morgan fingerprint density at radius 3 is 2.46 bits per heavy atom. The quantitative estimate of drug-likeness (QED) is 0.762. The molecular weight excluding hydrogens is 302 g/mol. The number of nitrogens with one attached hydrogen (secondary N) is 1. The van der Waals surface area contributed by atoms with Gasteiger partial charge in [0.2, 0.25) is 0 Å². The first-order chi connectivity index (χ1) is 11.6. The highest BCUT2D eigenvalue weighted by Gasteiger charge is 2.28. The second kappa shape index (κ2) is 5.87. The highest BCUT2D eigenvalue weighted by molar-refractivity contribution is 6.22. The Kier molecular flexibility index (Phi) is 3.69. The monoisotopic (exact) mass is 321 g/mol. The van der Waals surface area contributed by atoms with Crippen LogP contribution in [0.4, 0.5) is 0 Å². The maximum Gasteiger partial charge on any atom is 0.251 e. The SMILES string of the molecule is O=C(NC1CCCCC1O)c1ccc2c(c1)C(=O)c1ccccc1-2. The Morgan fingerprint density at radius 1 is 0.958 bits per heavy atom. The van der Waals surface area contributed by atoms with Crippen molar-refractivity contribution in [2.45, 2.75) is 37.8 Å². The van der Waals surface area contributed by atoms with Crippen molar-refractivity contribution in [3.63, 3.8) is 0 Å². The predicted octanol–water partition coefficient (Wildman–Crippen LogP) is 2.93. The van der Waals surface area contributed by atoms with Crippen molar-refractivity contribution in [1.82, 2.24) is 5.32 Å². The van der Waals surface area contributed by atoms with Gasteiger partial charge in [0.25, 0.3) is 5.91 Å². The minimum atomic E-state index is -0.483. The molecule has 4 nitrogen and oxygen atoms in total. The molecule has 122 valence electrons. The minimum Gasteiger partial charge on any atom is -0.391 e. The van der Waals surface area contributed by atoms with E-state index in [0.717, 1.165) is 36.8 Å². The normalized spacial score (nSPS) is 22.0. The fourth-order valence-corrected chi connectivity index (χ4v) is 3.70. The lowest BCUT2D eigenvalue weighted by molar-refractivity contribution is 0.0717. The van der Waals surface area contributed by atoms with Gasteiger partial charge in [0, 0.05) is 16.7 Å². The number of carbonyl (C=O) groups is 2. The van der Waals surface area contributed by atoms with Crippen molar-refractivity contribution in [1.29, 1.82) is 0 Å². The molecule has 2 N–H and O–H groups in total. The lowest BCUT2D eigenvalue weighted by Crippen LogP contribution is -2.45. The van der Waals surface area contributed by atoms with Crippen LogP contribution < -0.4 is 5.32 Å². The third kappa shape index (κ3) is 2.43. The molecule has 0 spiro atoms. The lowest BCUT2D eigenvalue weighted by Gasteiger charge is -2.28. The number of ketones is 1. The second-order valence-corrected chi connectivity index (χ2v) is 6.57. The highest BCUT2D eigenvalue weighted by atomic mass is 16.3. The van der Waals surface area contributed by atoms with Crippen LogP contribution in [0.15, 0.2) is 42.5 Å². The number of rotatable bonds is 2. The van der Waals surface area contributed by atoms with E-state index >= 15 is 0 Å². The topological polar surface area (TPSA) is 66.4 Å². The number of fused-ring (bicyclic) bond motifs is 3. The summed E-state index contributed by atoms with van der Waals surface area (Å²) >= 11 is 0. The smallest absolute Gasteiger partial charge is 0.251 e. The van der Waals surface area contributed by atoms with Crippen LogP contribution in [0.3, 0.4) is 0 Å². The molecule has 0 aliphatic heterocycles. The van der Waals surface area contributed by atoms with Crippen LogP contribution in [0.25, 0.3) is 11.1 Å². The summed E-state index contributed by atoms with van der Waals surface area (Å²) in [6.45, 7) is 0. The molecule has 4 rings (SSSR count). The molecule has 2 aromatic carbocycles. The molecule has 2 unspecified atom stereocenters. The number of amides is 1. The number of benzene rings is 2. The van der Waals surface area contributed by atoms with Gasteiger partial charge in [0.1, 0.15) is 0 Å². The molecule has 1 amide bonds. The van der Waals surface area contributed by atoms with E-state index in [4.69, 9.17) is 0 Å². The van der Waals surface area contributed by atoms with E-state index in [1.165, 1.54) is 0 Å². The first-order valence-electron chi connectivity index (χ1n) is 8.42. The van der Waals surface area contributed by atoms with E-state index in [0.29, 0.717) is 16.7 Å². The number of aliphatic hydroxyl groups excluding tert-OH is 1. The van der Waals surface area contributed by atoms with Gasteiger partial charge in [-0.15, -0.1) is 0 Å². The number of hydrogen-bond acceptors (Lipinski definition) is 3. The molecule has 2 atom stereocenters. The summed E-state index contributed by atoms with van der Waals surface area (Å²) in [4.78, 5) is 25.0. The van der Waals surface area contributed by atoms with E-state index in [-0.39, 0.29) is 17.7 Å². The van der Waals surface area contributed by atoms with Crippen molar-refractivity contribution >= 4 is 11.7 Å². The molecule has 24 heavy (non-hydrogen) atoms. The van der Waals surface area contributed by atoms with Gasteiger partial charge >= 0.3 is 0 Å². The summed E-state index contributed by atoms with van der Waals surface area (Å²) in [5.74, 6) is -0.263. The zero-order valence-electron chi connectivity index (χ0n) is 13.3. The van der Waals surface area contributed by atoms with Gasteiger partial charge in [-0.3, -0.25) is 9.59 Å². The fraction of sp³-hybridized carbons (Fsp3) is 0.300. The van der Waals surface area contributed by atoms with Crippen molar-refractivity contribution in [2.75, 3.05) is 0 Å². The Morgan fingerprint density at radius 2 is 1.67 bits per heavy atom. The largest absolute Gasteiger partial charge is 0.391 e. The summed E-state index contributed by atoms with van der Waals surface area (Å²) in [5, 5.41) is 12.9. The van der Waals surface area contributed by atoms with Crippen LogP contribution in [-0.4, -0.2) is 28.9 Å². The molecule has 2 aliphatic rings. The molecule has 1 saturated carbocycles. The zero-order chi connectivity index (χ0) is 16.7. The molecule has 0 saturated heterocycles. The predicted molar refractivity (Wildman–Crippen MR) is 91.0 cm³/mol. The molecule has 2 aliphatic carbocycles. The molecule has 2 aromatic rings. The molecular formula is C20H19NO3. The van der Waals surface area contributed by atoms with Crippen molar-refractivity contribution in [3.8, 4) is 11.1 Å². The van der Waals surface area contributed by atoms with Crippen molar-refractivity contribution < 1.29 is 14.7 Å². The minimum absolute atomic E-state index is 0.0343. The molecule has 0 bridgehead atoms. The zero-order valence-corrected chi connectivity index (χ0v) is 13.3. The summed E-state index contributed by atoms with van der Waals surface area (Å²) in [6, 6.07) is 12.6. The number of carbonyl (C=O) groups excluding carboxylic acids is 2. The van der Waals surface area contributed by atoms with E-state index in [2.05, 4.69) is 5.32 Å². The first-order valence-corrected chi connectivity index (χ1v) is 8.42. The Bertz CT molecular complexity index is 827. The first kappa shape index (κ1) is 15.1. The van der Waals surface area contributed by atoms with Crippen molar-refractivity contribution in [2.24, 2.45) is 0 Å². The summed E-state index contributed by atoms with van der Waals surface area (Å²) in [6.07, 6.45) is 3.05. The third-order valence-corrected chi connectivity index (χ3v) is 5.03. The average molecular weight is 321 g/mol. The molecule has 0 heterocycles. The van der Waals surface area contributed by atoms with Gasteiger partial charge in [0.15, 0.2) is 5.78 Å². The maximum atomic E-state index is 12.5. The number of hydrogen-bond donors (Lipinski definition) is 2. The lowest BCUT2D eigenvalue weighted by atomic mass is 9.92. The van der Waals surface area contributed by atoms with Gasteiger partial charge in [-0.1, -0.05) is 43.2 Å². The van der Waals surface area contributed by atoms with E-state index in [1.54, 1.807) is 12.1 Å². The fourth-order valence-electron chi connectivity index (χ4n) is 3.70. The highest BCUT2D eigenvalue weighted by Crippen LogP contribution is 2.36. The third-order valence-electron chi connectivity index (χ3n) is 5.03. The Labute approximate surface area is 140 Å². The average Bonchev–Trinajstić information content (AvgIpc) is 2.90. The van der Waals surface area contributed by atoms with Crippen LogP contribution in [-0.2, 0) is 0 Å². The van der Waals surface area contributed by atoms with Gasteiger partial charge in [-0.25, -0.2) is 0 Å². The summed E-state index contributed by atoms with van der Waals surface area (Å²) in [5.41, 5.74) is 3.53. The number of aliphatic hydroxyl groups is 1. The van der Waals surface area contributed by atoms with Gasteiger partial charge in [0.05, 0.1) is 12.1 Å². The van der Waals surface area contributed by atoms with E-state index in [9.17, 15) is 14.7 Å². The van der Waals surface area contributed by atoms with Crippen LogP contribution in [0.1, 0.15) is 52.0 Å². The summed E-state index contributed by atoms with van der Waals surface area (Å²) < 4.78 is 0. The van der Waals surface area contributed by atoms with Crippen LogP contribution >= 0.6 is 0 Å². The van der Waals surface area contributed by atoms with Gasteiger partial charge in [-0.05, 0) is 36.1 Å². The van der Waals surface area contributed by atoms with Crippen LogP contribution in [0.2, 0.25) is 0 Å². The molecule has 1 fully saturated rings. The van der Waals surface area contributed by atoms with Crippen LogP contribution in [0.5, 0.6) is 0 Å². The maximum absolute atomic E-state index is 12.5. The van der Waals surface area contributed by atoms with Gasteiger partial charge < -0.3 is 10.4 Å². The molecule has 4 heteroatoms. The van der Waals surface area contributed by atoms with E-state index in [1.807, 2.05) is 30.3 Å². The van der Waals surface area contributed by atoms with Gasteiger partial charge in [-0.2, -0.15) is 0 Å². The Hall–Kier alpha value is -2.46. The van der Waals surface area contributed by atoms with Crippen LogP contribution in [0, 0.1) is 0 Å². The van der Waals surface area contributed by atoms with E-state index < -0.39 is 6.10 Å². The standard InChI is InChI=1S/C20H19NO3/c22-18-8-4-3-7-17(18)21-20(24)12-9-10-14-13-5-1-2-6-15(13)19(23)16(14)11-12/h1-2,5-6,9-11,17-18,22H,3-4,7-8H2,(H,21,24). The molecule has 0 radical (unpaired) electrons. The van der Waals surface area contributed by atoms with Crippen molar-refractivity contribution in [3.05, 3.63) is 59.2 Å². The second-order valence-electron chi connectivity index (χ2n) is 6.57. The molecule has 0 aromatic heterocycles. The Balaban J connectivity index is 1.60.